The van der Waals surface area contributed by atoms with E-state index in [1.807, 2.05) is 0 Å². The number of hydrogen-bond acceptors (Lipinski definition) is 8. The standard InChI is InChI=1S/C36H52N4S4/c1-21(2)29-15-13-16-30(22(3)4)33(29)39-27(11)35-25(9)37-19-20-38-26(10)36(42-44-43-41-35)28(12)40-34-31(23(5)6)17-14-18-32(34)24(7)8/h13-18,21-24,39-40H,19-20H2,1-12H3/b35-27+,36-28+,37-25?,38-26?. The van der Waals surface area contributed by atoms with Crippen LogP contribution in [0.25, 0.3) is 0 Å². The molecule has 0 fully saturated rings. The Morgan fingerprint density at radius 3 is 1.14 bits per heavy atom. The second kappa shape index (κ2) is 17.3. The van der Waals surface area contributed by atoms with Gasteiger partial charge in [0.15, 0.2) is 0 Å². The summed E-state index contributed by atoms with van der Waals surface area (Å²) in [4.78, 5) is 12.3. The molecule has 0 aliphatic carbocycles. The Morgan fingerprint density at radius 2 is 0.864 bits per heavy atom. The quantitative estimate of drug-likeness (QED) is 0.273. The first-order chi connectivity index (χ1) is 20.8. The number of nitrogens with zero attached hydrogens (tertiary/aromatic N) is 2. The van der Waals surface area contributed by atoms with E-state index in [9.17, 15) is 0 Å². The molecule has 240 valence electrons. The van der Waals surface area contributed by atoms with Crippen LogP contribution in [0.5, 0.6) is 0 Å². The molecule has 2 aromatic rings. The van der Waals surface area contributed by atoms with Crippen LogP contribution in [0.1, 0.15) is 129 Å². The SMILES string of the molecule is CC1=NCCN=C(C)/C(=C(/C)Nc2c(C(C)C)cccc2C(C)C)SSSS/C1=C(\C)Nc1c(C(C)C)cccc1C(C)C. The second-order valence-corrected chi connectivity index (χ2v) is 18.3. The average Bonchev–Trinajstić information content (AvgIpc) is 2.95. The summed E-state index contributed by atoms with van der Waals surface area (Å²) in [5.41, 5.74) is 12.3. The third-order valence-electron chi connectivity index (χ3n) is 7.77. The molecule has 0 bridgehead atoms. The topological polar surface area (TPSA) is 48.8 Å². The van der Waals surface area contributed by atoms with Gasteiger partial charge in [-0.3, -0.25) is 9.98 Å². The maximum Gasteiger partial charge on any atom is 0.0588 e. The van der Waals surface area contributed by atoms with Crippen LogP contribution < -0.4 is 10.6 Å². The highest BCUT2D eigenvalue weighted by atomic mass is 33.7. The Bertz CT molecular complexity index is 1260. The van der Waals surface area contributed by atoms with E-state index in [1.165, 1.54) is 43.4 Å². The number of rotatable bonds is 8. The molecule has 2 aromatic carbocycles. The Hall–Kier alpha value is -1.74. The van der Waals surface area contributed by atoms with Crippen molar-refractivity contribution in [1.29, 1.82) is 0 Å². The molecule has 3 rings (SSSR count). The van der Waals surface area contributed by atoms with Crippen molar-refractivity contribution in [2.24, 2.45) is 9.98 Å². The van der Waals surface area contributed by atoms with E-state index in [0.29, 0.717) is 36.8 Å². The maximum absolute atomic E-state index is 4.98. The molecular formula is C36H52N4S4. The third kappa shape index (κ3) is 9.63. The zero-order valence-corrected chi connectivity index (χ0v) is 32.0. The fourth-order valence-electron chi connectivity index (χ4n) is 5.34. The largest absolute Gasteiger partial charge is 0.358 e. The van der Waals surface area contributed by atoms with E-state index in [2.05, 4.69) is 130 Å². The smallest absolute Gasteiger partial charge is 0.0588 e. The first kappa shape index (κ1) is 36.7. The Kier molecular flexibility index (Phi) is 14.4. The van der Waals surface area contributed by atoms with Crippen molar-refractivity contribution in [3.05, 3.63) is 79.9 Å². The minimum atomic E-state index is 0.432. The van der Waals surface area contributed by atoms with Crippen LogP contribution in [0.3, 0.4) is 0 Å². The van der Waals surface area contributed by atoms with Crippen molar-refractivity contribution < 1.29 is 0 Å². The number of nitrogens with one attached hydrogen (secondary N) is 2. The summed E-state index contributed by atoms with van der Waals surface area (Å²) in [6.45, 7) is 28.1. The molecule has 0 aromatic heterocycles. The van der Waals surface area contributed by atoms with Crippen LogP contribution >= 0.6 is 41.2 Å². The summed E-state index contributed by atoms with van der Waals surface area (Å²) in [6.07, 6.45) is 0. The van der Waals surface area contributed by atoms with Gasteiger partial charge in [0, 0.05) is 34.2 Å². The highest BCUT2D eigenvalue weighted by Crippen LogP contribution is 2.51. The monoisotopic (exact) mass is 668 g/mol. The van der Waals surface area contributed by atoms with Crippen molar-refractivity contribution in [1.82, 2.24) is 0 Å². The molecule has 2 N–H and O–H groups in total. The molecular weight excluding hydrogens is 617 g/mol. The summed E-state index contributed by atoms with van der Waals surface area (Å²) < 4.78 is 0. The van der Waals surface area contributed by atoms with Crippen LogP contribution in [0.2, 0.25) is 0 Å². The number of para-hydroxylation sites is 2. The minimum Gasteiger partial charge on any atom is -0.358 e. The fraction of sp³-hybridized carbons (Fsp3) is 0.500. The number of hydrogen-bond donors (Lipinski definition) is 2. The summed E-state index contributed by atoms with van der Waals surface area (Å²) in [7, 11) is 7.16. The summed E-state index contributed by atoms with van der Waals surface area (Å²) in [5.74, 6) is 1.73. The summed E-state index contributed by atoms with van der Waals surface area (Å²) in [5, 5.41) is 7.69. The van der Waals surface area contributed by atoms with Crippen molar-refractivity contribution in [2.75, 3.05) is 23.7 Å². The zero-order chi connectivity index (χ0) is 32.6. The van der Waals surface area contributed by atoms with E-state index >= 15 is 0 Å². The van der Waals surface area contributed by atoms with Gasteiger partial charge in [-0.15, -0.1) is 0 Å². The molecule has 0 saturated carbocycles. The van der Waals surface area contributed by atoms with Crippen LogP contribution in [0.4, 0.5) is 11.4 Å². The Labute approximate surface area is 282 Å². The first-order valence-corrected chi connectivity index (χ1v) is 20.6. The number of aliphatic imine (C=N–C) groups is 2. The van der Waals surface area contributed by atoms with Crippen molar-refractivity contribution in [3.8, 4) is 0 Å². The maximum atomic E-state index is 4.98. The van der Waals surface area contributed by atoms with Gasteiger partial charge < -0.3 is 10.6 Å². The van der Waals surface area contributed by atoms with Gasteiger partial charge in [0.25, 0.3) is 0 Å². The Morgan fingerprint density at radius 1 is 0.568 bits per heavy atom. The first-order valence-electron chi connectivity index (χ1n) is 15.7. The van der Waals surface area contributed by atoms with E-state index < -0.39 is 0 Å². The van der Waals surface area contributed by atoms with Crippen LogP contribution in [-0.4, -0.2) is 24.5 Å². The molecule has 1 aliphatic rings. The predicted octanol–water partition coefficient (Wildman–Crippen LogP) is 12.8. The lowest BCUT2D eigenvalue weighted by Crippen LogP contribution is -2.11. The number of benzene rings is 2. The van der Waals surface area contributed by atoms with E-state index in [1.54, 1.807) is 41.2 Å². The average molecular weight is 669 g/mol. The molecule has 0 radical (unpaired) electrons. The second-order valence-electron chi connectivity index (χ2n) is 12.6. The molecule has 0 atom stereocenters. The van der Waals surface area contributed by atoms with Gasteiger partial charge in [-0.1, -0.05) is 91.8 Å². The van der Waals surface area contributed by atoms with Gasteiger partial charge in [0.05, 0.1) is 22.9 Å². The molecule has 44 heavy (non-hydrogen) atoms. The third-order valence-corrected chi connectivity index (χ3v) is 14.3. The molecule has 0 spiro atoms. The number of anilines is 2. The van der Waals surface area contributed by atoms with Gasteiger partial charge in [-0.25, -0.2) is 0 Å². The van der Waals surface area contributed by atoms with Crippen molar-refractivity contribution >= 4 is 64.0 Å². The van der Waals surface area contributed by atoms with Crippen molar-refractivity contribution in [2.45, 2.75) is 107 Å². The highest BCUT2D eigenvalue weighted by molar-refractivity contribution is 9.27. The zero-order valence-electron chi connectivity index (χ0n) is 28.7. The van der Waals surface area contributed by atoms with E-state index in [4.69, 9.17) is 9.98 Å². The minimum absolute atomic E-state index is 0.432. The fourth-order valence-corrected chi connectivity index (χ4v) is 11.5. The van der Waals surface area contributed by atoms with Crippen LogP contribution in [0, 0.1) is 0 Å². The molecule has 8 heteroatoms. The van der Waals surface area contributed by atoms with Gasteiger partial charge >= 0.3 is 0 Å². The van der Waals surface area contributed by atoms with Crippen LogP contribution in [0.15, 0.2) is 67.6 Å². The molecule has 0 unspecified atom stereocenters. The van der Waals surface area contributed by atoms with Gasteiger partial charge in [-0.2, -0.15) is 0 Å². The lowest BCUT2D eigenvalue weighted by atomic mass is 9.92. The highest BCUT2D eigenvalue weighted by Gasteiger charge is 2.19. The molecule has 0 amide bonds. The van der Waals surface area contributed by atoms with Crippen molar-refractivity contribution in [3.63, 3.8) is 0 Å². The molecule has 1 heterocycles. The van der Waals surface area contributed by atoms with E-state index in [-0.39, 0.29) is 0 Å². The summed E-state index contributed by atoms with van der Waals surface area (Å²) in [6, 6.07) is 13.4. The Balaban J connectivity index is 1.94. The number of allylic oxidation sites excluding steroid dienone is 4. The predicted molar refractivity (Wildman–Crippen MR) is 208 cm³/mol. The molecule has 0 saturated heterocycles. The lowest BCUT2D eigenvalue weighted by molar-refractivity contribution is 0.836. The summed E-state index contributed by atoms with van der Waals surface area (Å²) >= 11 is 0. The van der Waals surface area contributed by atoms with E-state index in [0.717, 1.165) is 22.8 Å². The van der Waals surface area contributed by atoms with Gasteiger partial charge in [0.2, 0.25) is 0 Å². The van der Waals surface area contributed by atoms with Crippen LogP contribution in [-0.2, 0) is 0 Å². The lowest BCUT2D eigenvalue weighted by Gasteiger charge is -2.23. The van der Waals surface area contributed by atoms with Gasteiger partial charge in [0.1, 0.15) is 0 Å². The normalized spacial score (nSPS) is 17.7. The van der Waals surface area contributed by atoms with Gasteiger partial charge in [-0.05, 0) is 115 Å². The molecule has 1 aliphatic heterocycles. The molecule has 4 nitrogen and oxygen atoms in total.